The zero-order valence-corrected chi connectivity index (χ0v) is 17.1. The van der Waals surface area contributed by atoms with E-state index < -0.39 is 17.9 Å². The fourth-order valence-electron chi connectivity index (χ4n) is 5.39. The quantitative estimate of drug-likeness (QED) is 0.579. The molecule has 154 valence electrons. The van der Waals surface area contributed by atoms with Crippen LogP contribution in [0.5, 0.6) is 5.75 Å². The number of methoxy groups -OCH3 is 1. The van der Waals surface area contributed by atoms with Crippen LogP contribution in [0.2, 0.25) is 0 Å². The summed E-state index contributed by atoms with van der Waals surface area (Å²) in [5.41, 5.74) is 2.21. The summed E-state index contributed by atoms with van der Waals surface area (Å²) in [6.07, 6.45) is 1.78. The number of Topliss-reactive ketones (excluding diaryl/α,β-unsaturated/α-hetero) is 1. The number of nitrogens with zero attached hydrogens (tertiary/aromatic N) is 2. The van der Waals surface area contributed by atoms with Crippen molar-refractivity contribution in [3.8, 4) is 5.75 Å². The second-order valence-corrected chi connectivity index (χ2v) is 8.38. The number of ether oxygens (including phenoxy) is 1. The van der Waals surface area contributed by atoms with Gasteiger partial charge >= 0.3 is 0 Å². The third-order valence-corrected chi connectivity index (χ3v) is 6.79. The predicted molar refractivity (Wildman–Crippen MR) is 111 cm³/mol. The van der Waals surface area contributed by atoms with Gasteiger partial charge in [0.2, 0.25) is 11.8 Å². The van der Waals surface area contributed by atoms with Crippen LogP contribution in [0.3, 0.4) is 0 Å². The van der Waals surface area contributed by atoms with Gasteiger partial charge in [-0.2, -0.15) is 0 Å². The SMILES string of the molecule is COc1ccc(N2C(=O)[C@H]3[C@H](C2=O)[C@H](C(=O)c2ccc(C)cc2)N2CCC[C@H]32)cc1. The average molecular weight is 404 g/mol. The first-order valence-corrected chi connectivity index (χ1v) is 10.4. The fraction of sp³-hybridized carbons (Fsp3) is 0.375. The minimum atomic E-state index is -0.626. The van der Waals surface area contributed by atoms with Crippen LogP contribution in [0.15, 0.2) is 48.5 Å². The molecule has 4 atom stereocenters. The molecule has 3 aliphatic heterocycles. The molecule has 6 heteroatoms. The summed E-state index contributed by atoms with van der Waals surface area (Å²) in [4.78, 5) is 43.7. The zero-order chi connectivity index (χ0) is 21.0. The van der Waals surface area contributed by atoms with Crippen molar-refractivity contribution in [3.63, 3.8) is 0 Å². The second kappa shape index (κ2) is 7.06. The number of anilines is 1. The Morgan fingerprint density at radius 2 is 1.63 bits per heavy atom. The molecule has 2 amide bonds. The Balaban J connectivity index is 1.52. The summed E-state index contributed by atoms with van der Waals surface area (Å²) in [5, 5.41) is 0. The molecular weight excluding hydrogens is 380 g/mol. The van der Waals surface area contributed by atoms with Crippen LogP contribution in [0.1, 0.15) is 28.8 Å². The number of imide groups is 1. The topological polar surface area (TPSA) is 66.9 Å². The minimum absolute atomic E-state index is 0.0471. The van der Waals surface area contributed by atoms with Crippen molar-refractivity contribution in [1.29, 1.82) is 0 Å². The molecular formula is C24H24N2O4. The molecule has 0 unspecified atom stereocenters. The summed E-state index contributed by atoms with van der Waals surface area (Å²) in [6, 6.07) is 13.7. The van der Waals surface area contributed by atoms with Gasteiger partial charge in [-0.15, -0.1) is 0 Å². The van der Waals surface area contributed by atoms with E-state index in [1.54, 1.807) is 31.4 Å². The Kier molecular flexibility index (Phi) is 4.47. The van der Waals surface area contributed by atoms with Gasteiger partial charge in [0.05, 0.1) is 30.7 Å². The zero-order valence-electron chi connectivity index (χ0n) is 17.1. The monoisotopic (exact) mass is 404 g/mol. The van der Waals surface area contributed by atoms with Gasteiger partial charge in [0, 0.05) is 11.6 Å². The van der Waals surface area contributed by atoms with E-state index in [9.17, 15) is 14.4 Å². The summed E-state index contributed by atoms with van der Waals surface area (Å²) in [6.45, 7) is 2.73. The van der Waals surface area contributed by atoms with E-state index in [1.165, 1.54) is 4.90 Å². The average Bonchev–Trinajstić information content (AvgIpc) is 3.40. The summed E-state index contributed by atoms with van der Waals surface area (Å²) in [7, 11) is 1.57. The Morgan fingerprint density at radius 3 is 2.30 bits per heavy atom. The van der Waals surface area contributed by atoms with Crippen molar-refractivity contribution < 1.29 is 19.1 Å². The third kappa shape index (κ3) is 2.70. The minimum Gasteiger partial charge on any atom is -0.497 e. The van der Waals surface area contributed by atoms with Crippen LogP contribution in [0.25, 0.3) is 0 Å². The molecule has 0 bridgehead atoms. The second-order valence-electron chi connectivity index (χ2n) is 8.38. The lowest BCUT2D eigenvalue weighted by atomic mass is 9.85. The van der Waals surface area contributed by atoms with Gasteiger partial charge in [-0.1, -0.05) is 29.8 Å². The maximum Gasteiger partial charge on any atom is 0.239 e. The van der Waals surface area contributed by atoms with Gasteiger partial charge in [-0.25, -0.2) is 4.90 Å². The summed E-state index contributed by atoms with van der Waals surface area (Å²) >= 11 is 0. The number of ketones is 1. The van der Waals surface area contributed by atoms with E-state index in [-0.39, 0.29) is 23.6 Å². The lowest BCUT2D eigenvalue weighted by Crippen LogP contribution is -2.46. The number of amides is 2. The van der Waals surface area contributed by atoms with E-state index >= 15 is 0 Å². The van der Waals surface area contributed by atoms with Crippen LogP contribution >= 0.6 is 0 Å². The Labute approximate surface area is 175 Å². The number of fused-ring (bicyclic) bond motifs is 3. The molecule has 0 aromatic heterocycles. The van der Waals surface area contributed by atoms with Gasteiger partial charge in [0.1, 0.15) is 5.75 Å². The highest BCUT2D eigenvalue weighted by Crippen LogP contribution is 2.48. The largest absolute Gasteiger partial charge is 0.497 e. The highest BCUT2D eigenvalue weighted by Gasteiger charge is 2.64. The normalized spacial score (nSPS) is 28.0. The maximum atomic E-state index is 13.5. The number of rotatable bonds is 4. The van der Waals surface area contributed by atoms with E-state index in [2.05, 4.69) is 4.90 Å². The van der Waals surface area contributed by atoms with E-state index in [4.69, 9.17) is 4.74 Å². The summed E-state index contributed by atoms with van der Waals surface area (Å²) in [5.74, 6) is -0.943. The van der Waals surface area contributed by atoms with Crippen molar-refractivity contribution in [3.05, 3.63) is 59.7 Å². The molecule has 2 aromatic carbocycles. The molecule has 2 aromatic rings. The molecule has 0 radical (unpaired) electrons. The van der Waals surface area contributed by atoms with Crippen LogP contribution in [0.4, 0.5) is 5.69 Å². The van der Waals surface area contributed by atoms with Crippen molar-refractivity contribution in [2.45, 2.75) is 31.8 Å². The van der Waals surface area contributed by atoms with Crippen molar-refractivity contribution in [2.24, 2.45) is 11.8 Å². The Morgan fingerprint density at radius 1 is 0.967 bits per heavy atom. The van der Waals surface area contributed by atoms with Gasteiger partial charge in [-0.3, -0.25) is 19.3 Å². The number of benzene rings is 2. The molecule has 6 nitrogen and oxygen atoms in total. The highest BCUT2D eigenvalue weighted by atomic mass is 16.5. The number of carbonyl (C=O) groups excluding carboxylic acids is 3. The third-order valence-electron chi connectivity index (χ3n) is 6.79. The van der Waals surface area contributed by atoms with Crippen molar-refractivity contribution in [1.82, 2.24) is 4.90 Å². The highest BCUT2D eigenvalue weighted by molar-refractivity contribution is 6.24. The van der Waals surface area contributed by atoms with Gasteiger partial charge in [-0.05, 0) is 50.6 Å². The first-order chi connectivity index (χ1) is 14.5. The first kappa shape index (κ1) is 19.0. The predicted octanol–water partition coefficient (Wildman–Crippen LogP) is 2.84. The maximum absolute atomic E-state index is 13.5. The van der Waals surface area contributed by atoms with Gasteiger partial charge < -0.3 is 4.74 Å². The van der Waals surface area contributed by atoms with Crippen LogP contribution in [0, 0.1) is 18.8 Å². The van der Waals surface area contributed by atoms with Crippen LogP contribution in [-0.4, -0.2) is 48.2 Å². The molecule has 0 N–H and O–H groups in total. The lowest BCUT2D eigenvalue weighted by molar-refractivity contribution is -0.123. The molecule has 3 fully saturated rings. The molecule has 3 aliphatic rings. The van der Waals surface area contributed by atoms with Crippen LogP contribution in [-0.2, 0) is 9.59 Å². The number of aryl methyl sites for hydroxylation is 1. The Hall–Kier alpha value is -2.99. The van der Waals surface area contributed by atoms with E-state index in [1.807, 2.05) is 31.2 Å². The van der Waals surface area contributed by atoms with Gasteiger partial charge in [0.25, 0.3) is 0 Å². The van der Waals surface area contributed by atoms with Crippen LogP contribution < -0.4 is 9.64 Å². The number of hydrogen-bond donors (Lipinski definition) is 0. The van der Waals surface area contributed by atoms with Gasteiger partial charge in [0.15, 0.2) is 5.78 Å². The van der Waals surface area contributed by atoms with Crippen molar-refractivity contribution in [2.75, 3.05) is 18.6 Å². The summed E-state index contributed by atoms with van der Waals surface area (Å²) < 4.78 is 5.18. The Bertz CT molecular complexity index is 1010. The fourth-order valence-corrected chi connectivity index (χ4v) is 5.39. The standard InChI is InChI=1S/C24H24N2O4/c1-14-5-7-15(8-6-14)22(27)21-20-19(18-4-3-13-25(18)21)23(28)26(24(20)29)16-9-11-17(30-2)12-10-16/h5-12,18-21H,3-4,13H2,1-2H3/t18-,19-,20+,21-/m1/s1. The van der Waals surface area contributed by atoms with E-state index in [0.29, 0.717) is 17.0 Å². The lowest BCUT2D eigenvalue weighted by Gasteiger charge is -2.27. The smallest absolute Gasteiger partial charge is 0.239 e. The van der Waals surface area contributed by atoms with E-state index in [0.717, 1.165) is 24.9 Å². The molecule has 0 aliphatic carbocycles. The molecule has 3 saturated heterocycles. The molecule has 3 heterocycles. The molecule has 5 rings (SSSR count). The molecule has 0 saturated carbocycles. The molecule has 0 spiro atoms. The number of carbonyl (C=O) groups is 3. The van der Waals surface area contributed by atoms with Crippen molar-refractivity contribution >= 4 is 23.3 Å². The number of hydrogen-bond acceptors (Lipinski definition) is 5. The molecule has 30 heavy (non-hydrogen) atoms. The first-order valence-electron chi connectivity index (χ1n) is 10.4.